The molecule has 0 amide bonds. The Hall–Kier alpha value is -0.970. The SMILES string of the molecule is C1#CC2C=C[N-][NH+]3[I-]NOC(=C23)C=C1. The van der Waals surface area contributed by atoms with Gasteiger partial charge in [0.25, 0.3) is 0 Å². The predicted octanol–water partition coefficient (Wildman–Crippen LogP) is -3.46. The first-order valence-electron chi connectivity index (χ1n) is 4.17. The molecule has 0 radical (unpaired) electrons. The predicted molar refractivity (Wildman–Crippen MR) is 45.1 cm³/mol. The molecule has 0 saturated heterocycles. The van der Waals surface area contributed by atoms with Gasteiger partial charge in [-0.3, -0.25) is 0 Å². The van der Waals surface area contributed by atoms with E-state index in [1.54, 1.807) is 0 Å². The van der Waals surface area contributed by atoms with Crippen molar-refractivity contribution in [2.75, 3.05) is 0 Å². The van der Waals surface area contributed by atoms with Crippen molar-refractivity contribution >= 4 is 0 Å². The fourth-order valence-electron chi connectivity index (χ4n) is 1.47. The average Bonchev–Trinajstić information content (AvgIpc) is 2.44. The van der Waals surface area contributed by atoms with Crippen molar-refractivity contribution < 1.29 is 29.8 Å². The molecular formula is C9H7IN3O-. The molecule has 0 fully saturated rings. The topological polar surface area (TPSA) is 39.8 Å². The number of hydrogen-bond donors (Lipinski definition) is 2. The molecule has 2 unspecified atom stereocenters. The van der Waals surface area contributed by atoms with Crippen LogP contribution in [-0.4, -0.2) is 0 Å². The quantitative estimate of drug-likeness (QED) is 0.277. The zero-order valence-corrected chi connectivity index (χ0v) is 9.28. The Morgan fingerprint density at radius 2 is 2.64 bits per heavy atom. The van der Waals surface area contributed by atoms with Crippen LogP contribution in [0.25, 0.3) is 5.43 Å². The first-order chi connectivity index (χ1) is 6.95. The third-order valence-corrected chi connectivity index (χ3v) is 3.91. The maximum atomic E-state index is 5.40. The van der Waals surface area contributed by atoms with E-state index in [1.807, 2.05) is 24.4 Å². The maximum absolute atomic E-state index is 5.40. The van der Waals surface area contributed by atoms with Crippen LogP contribution in [0.5, 0.6) is 0 Å². The summed E-state index contributed by atoms with van der Waals surface area (Å²) in [6.45, 7) is 0. The van der Waals surface area contributed by atoms with Crippen LogP contribution >= 0.6 is 0 Å². The Bertz CT molecular complexity index is 416. The van der Waals surface area contributed by atoms with Crippen LogP contribution in [0.15, 0.2) is 35.9 Å². The molecule has 2 atom stereocenters. The van der Waals surface area contributed by atoms with Crippen LogP contribution in [0, 0.1) is 17.8 Å². The van der Waals surface area contributed by atoms with Crippen molar-refractivity contribution in [3.8, 4) is 11.8 Å². The van der Waals surface area contributed by atoms with Crippen LogP contribution < -0.4 is 28.7 Å². The molecule has 0 bridgehead atoms. The summed E-state index contributed by atoms with van der Waals surface area (Å²) >= 11 is -0.318. The Morgan fingerprint density at radius 3 is 3.64 bits per heavy atom. The standard InChI is InChI=1S/C9H7IN3O/c1-2-4-8-9-7(3-1)5-6-11-13(9)10-12-14-8/h2,4-7,12-13H/q-1. The van der Waals surface area contributed by atoms with Gasteiger partial charge in [0.2, 0.25) is 0 Å². The van der Waals surface area contributed by atoms with Crippen LogP contribution in [0.3, 0.4) is 0 Å². The normalized spacial score (nSPS) is 32.6. The molecule has 1 aliphatic carbocycles. The van der Waals surface area contributed by atoms with Crippen molar-refractivity contribution in [1.82, 2.24) is 3.69 Å². The number of nitrogens with zero attached hydrogens (tertiary/aromatic N) is 1. The zero-order chi connectivity index (χ0) is 9.38. The van der Waals surface area contributed by atoms with Gasteiger partial charge >= 0.3 is 92.6 Å². The van der Waals surface area contributed by atoms with E-state index in [9.17, 15) is 0 Å². The average molecular weight is 300 g/mol. The van der Waals surface area contributed by atoms with Crippen molar-refractivity contribution in [2.24, 2.45) is 5.92 Å². The van der Waals surface area contributed by atoms with Gasteiger partial charge in [-0.1, -0.05) is 0 Å². The molecule has 72 valence electrons. The molecule has 2 heterocycles. The third kappa shape index (κ3) is 1.23. The summed E-state index contributed by atoms with van der Waals surface area (Å²) in [5.41, 5.74) is 5.51. The van der Waals surface area contributed by atoms with Gasteiger partial charge in [-0.25, -0.2) is 0 Å². The van der Waals surface area contributed by atoms with E-state index < -0.39 is 0 Å². The fourth-order valence-corrected chi connectivity index (χ4v) is 3.22. The first-order valence-corrected chi connectivity index (χ1v) is 6.33. The number of nitrogens with one attached hydrogen (secondary N) is 2. The molecule has 0 aromatic rings. The third-order valence-electron chi connectivity index (χ3n) is 2.10. The van der Waals surface area contributed by atoms with Gasteiger partial charge in [0, 0.05) is 0 Å². The van der Waals surface area contributed by atoms with Gasteiger partial charge in [-0.2, -0.15) is 0 Å². The minimum atomic E-state index is -0.318. The fraction of sp³-hybridized carbons (Fsp3) is 0.111. The van der Waals surface area contributed by atoms with Gasteiger partial charge in [0.1, 0.15) is 0 Å². The number of allylic oxidation sites excluding steroid dienone is 3. The van der Waals surface area contributed by atoms with Gasteiger partial charge in [0.15, 0.2) is 0 Å². The Balaban J connectivity index is 2.14. The first kappa shape index (κ1) is 8.35. The second-order valence-corrected chi connectivity index (χ2v) is 4.91. The second-order valence-electron chi connectivity index (χ2n) is 2.91. The molecule has 14 heavy (non-hydrogen) atoms. The zero-order valence-electron chi connectivity index (χ0n) is 7.12. The minimum absolute atomic E-state index is 0.161. The van der Waals surface area contributed by atoms with Crippen LogP contribution in [0.4, 0.5) is 0 Å². The summed E-state index contributed by atoms with van der Waals surface area (Å²) < 4.78 is 4.09. The molecule has 0 aromatic carbocycles. The number of hydrogen-bond acceptors (Lipinski definition) is 2. The monoisotopic (exact) mass is 300 g/mol. The molecule has 0 aromatic heterocycles. The molecule has 3 rings (SSSR count). The summed E-state index contributed by atoms with van der Waals surface area (Å²) in [4.78, 5) is 5.40. The van der Waals surface area contributed by atoms with Crippen molar-refractivity contribution in [2.45, 2.75) is 0 Å². The van der Waals surface area contributed by atoms with E-state index in [0.29, 0.717) is 0 Å². The van der Waals surface area contributed by atoms with Crippen molar-refractivity contribution in [1.29, 1.82) is 0 Å². The van der Waals surface area contributed by atoms with Crippen LogP contribution in [0.1, 0.15) is 0 Å². The van der Waals surface area contributed by atoms with Gasteiger partial charge < -0.3 is 0 Å². The summed E-state index contributed by atoms with van der Waals surface area (Å²) in [7, 11) is 0. The van der Waals surface area contributed by atoms with E-state index in [-0.39, 0.29) is 27.7 Å². The molecule has 0 spiro atoms. The van der Waals surface area contributed by atoms with Gasteiger partial charge in [0.05, 0.1) is 0 Å². The molecule has 5 heteroatoms. The Labute approximate surface area is 92.6 Å². The number of quaternary nitrogens is 1. The molecule has 0 saturated carbocycles. The van der Waals surface area contributed by atoms with Crippen molar-refractivity contribution in [3.05, 3.63) is 41.3 Å². The van der Waals surface area contributed by atoms with E-state index in [0.717, 1.165) is 14.7 Å². The molecular weight excluding hydrogens is 293 g/mol. The molecule has 2 aliphatic heterocycles. The van der Waals surface area contributed by atoms with E-state index >= 15 is 0 Å². The van der Waals surface area contributed by atoms with Crippen molar-refractivity contribution in [3.63, 3.8) is 0 Å². The van der Waals surface area contributed by atoms with E-state index in [4.69, 9.17) is 4.84 Å². The molecule has 4 nitrogen and oxygen atoms in total. The molecule has 3 aliphatic rings. The van der Waals surface area contributed by atoms with E-state index in [1.165, 1.54) is 0 Å². The second kappa shape index (κ2) is 3.31. The van der Waals surface area contributed by atoms with Crippen LogP contribution in [0.2, 0.25) is 0 Å². The van der Waals surface area contributed by atoms with E-state index in [2.05, 4.69) is 21.0 Å². The number of rotatable bonds is 0. The summed E-state index contributed by atoms with van der Waals surface area (Å²) in [6.07, 6.45) is 7.56. The summed E-state index contributed by atoms with van der Waals surface area (Å²) in [5, 5.41) is 0. The number of halogens is 1. The summed E-state index contributed by atoms with van der Waals surface area (Å²) in [6, 6.07) is 0. The summed E-state index contributed by atoms with van der Waals surface area (Å²) in [5.74, 6) is 7.15. The van der Waals surface area contributed by atoms with Gasteiger partial charge in [-0.15, -0.1) is 0 Å². The van der Waals surface area contributed by atoms with Crippen LogP contribution in [-0.2, 0) is 4.84 Å². The molecule has 2 N–H and O–H groups in total. The Kier molecular flexibility index (Phi) is 1.97. The Morgan fingerprint density at radius 1 is 1.64 bits per heavy atom. The van der Waals surface area contributed by atoms with Gasteiger partial charge in [-0.05, 0) is 0 Å².